The monoisotopic (exact) mass is 448 g/mol. The third kappa shape index (κ3) is 2.50. The lowest BCUT2D eigenvalue weighted by Gasteiger charge is -2.43. The number of fused-ring (bicyclic) bond motifs is 3. The molecular formula is C24H18ClFN4O2. The fourth-order valence-electron chi connectivity index (χ4n) is 5.02. The van der Waals surface area contributed by atoms with Crippen molar-refractivity contribution >= 4 is 34.7 Å². The van der Waals surface area contributed by atoms with Crippen molar-refractivity contribution in [3.8, 4) is 6.07 Å². The Bertz CT molecular complexity index is 1340. The maximum absolute atomic E-state index is 13.8. The quantitative estimate of drug-likeness (QED) is 0.681. The number of rotatable bonds is 1. The highest BCUT2D eigenvalue weighted by Crippen LogP contribution is 2.55. The first-order valence-corrected chi connectivity index (χ1v) is 10.5. The van der Waals surface area contributed by atoms with Crippen molar-refractivity contribution in [1.29, 1.82) is 5.26 Å². The van der Waals surface area contributed by atoms with Gasteiger partial charge in [-0.2, -0.15) is 5.26 Å². The highest BCUT2D eigenvalue weighted by molar-refractivity contribution is 6.31. The summed E-state index contributed by atoms with van der Waals surface area (Å²) in [5.74, 6) is -1.26. The van der Waals surface area contributed by atoms with E-state index in [1.54, 1.807) is 11.0 Å². The topological polar surface area (TPSA) is 99.2 Å². The van der Waals surface area contributed by atoms with E-state index in [2.05, 4.69) is 11.4 Å². The molecule has 1 spiro atoms. The molecule has 0 saturated heterocycles. The fourth-order valence-corrected chi connectivity index (χ4v) is 5.20. The number of nitrogens with zero attached hydrogens (tertiary/aromatic N) is 2. The number of hydrogen-bond acceptors (Lipinski definition) is 5. The Morgan fingerprint density at radius 1 is 1.22 bits per heavy atom. The Morgan fingerprint density at radius 3 is 2.72 bits per heavy atom. The van der Waals surface area contributed by atoms with Gasteiger partial charge >= 0.3 is 0 Å². The lowest BCUT2D eigenvalue weighted by molar-refractivity contribution is -0.122. The number of aryl methyl sites for hydroxylation is 1. The molecule has 6 nitrogen and oxygen atoms in total. The molecular weight excluding hydrogens is 431 g/mol. The first-order valence-electron chi connectivity index (χ1n) is 10.2. The van der Waals surface area contributed by atoms with Crippen LogP contribution in [0.4, 0.5) is 15.8 Å². The van der Waals surface area contributed by atoms with Gasteiger partial charge < -0.3 is 11.1 Å². The molecule has 3 N–H and O–H groups in total. The van der Waals surface area contributed by atoms with E-state index in [9.17, 15) is 19.2 Å². The number of benzene rings is 2. The molecule has 8 heteroatoms. The minimum absolute atomic E-state index is 0.0214. The maximum atomic E-state index is 13.8. The van der Waals surface area contributed by atoms with E-state index in [0.717, 1.165) is 5.56 Å². The van der Waals surface area contributed by atoms with E-state index in [1.165, 1.54) is 18.2 Å². The standard InChI is InChI=1S/C24H18ClFN4O2/c1-12-5-8-18-14(9-12)24(23(32)29-18)15(11-27)22(28)30(13-6-7-17(26)16(25)10-13)19-3-2-4-20(31)21(19)24/h5-10H,2-4,28H2,1H3,(H,29,32)/t24-/m1/s1. The third-order valence-corrected chi connectivity index (χ3v) is 6.63. The molecule has 32 heavy (non-hydrogen) atoms. The van der Waals surface area contributed by atoms with Gasteiger partial charge in [0.25, 0.3) is 0 Å². The van der Waals surface area contributed by atoms with Crippen LogP contribution in [0, 0.1) is 24.1 Å². The fraction of sp³-hybridized carbons (Fsp3) is 0.208. The molecule has 2 aromatic rings. The average Bonchev–Trinajstić information content (AvgIpc) is 3.03. The number of ketones is 1. The van der Waals surface area contributed by atoms with Gasteiger partial charge in [-0.15, -0.1) is 0 Å². The molecule has 2 aromatic carbocycles. The van der Waals surface area contributed by atoms with Crippen LogP contribution in [0.3, 0.4) is 0 Å². The Balaban J connectivity index is 1.88. The van der Waals surface area contributed by atoms with Gasteiger partial charge in [0.15, 0.2) is 5.78 Å². The Labute approximate surface area is 188 Å². The van der Waals surface area contributed by atoms with E-state index >= 15 is 0 Å². The second-order valence-electron chi connectivity index (χ2n) is 8.16. The molecule has 0 radical (unpaired) electrons. The molecule has 160 valence electrons. The van der Waals surface area contributed by atoms with E-state index in [0.29, 0.717) is 35.5 Å². The highest BCUT2D eigenvalue weighted by Gasteiger charge is 2.60. The molecule has 0 saturated carbocycles. The number of allylic oxidation sites excluding steroid dienone is 1. The van der Waals surface area contributed by atoms with E-state index in [1.807, 2.05) is 19.1 Å². The van der Waals surface area contributed by atoms with Gasteiger partial charge in [0.05, 0.1) is 10.6 Å². The molecule has 0 unspecified atom stereocenters. The number of halogens is 2. The molecule has 2 aliphatic heterocycles. The second-order valence-corrected chi connectivity index (χ2v) is 8.56. The van der Waals surface area contributed by atoms with E-state index in [4.69, 9.17) is 17.3 Å². The zero-order valence-electron chi connectivity index (χ0n) is 17.1. The Morgan fingerprint density at radius 2 is 2.00 bits per heavy atom. The maximum Gasteiger partial charge on any atom is 0.245 e. The molecule has 0 fully saturated rings. The first-order chi connectivity index (χ1) is 15.3. The number of nitrogens with two attached hydrogens (primary N) is 1. The SMILES string of the molecule is Cc1ccc2c(c1)[C@@]1(C(=O)N2)C(C#N)=C(N)N(c2ccc(F)c(Cl)c2)C2=C1C(=O)CCC2. The van der Waals surface area contributed by atoms with E-state index in [-0.39, 0.29) is 34.2 Å². The van der Waals surface area contributed by atoms with Gasteiger partial charge in [-0.1, -0.05) is 29.3 Å². The highest BCUT2D eigenvalue weighted by atomic mass is 35.5. The number of hydrogen-bond donors (Lipinski definition) is 2. The molecule has 3 aliphatic rings. The van der Waals surface area contributed by atoms with Crippen LogP contribution in [0.1, 0.15) is 30.4 Å². The van der Waals surface area contributed by atoms with Crippen LogP contribution in [-0.4, -0.2) is 11.7 Å². The number of carbonyl (C=O) groups excluding carboxylic acids is 2. The number of nitrogens with one attached hydrogen (secondary N) is 1. The first kappa shape index (κ1) is 20.3. The largest absolute Gasteiger partial charge is 0.384 e. The van der Waals surface area contributed by atoms with Gasteiger partial charge in [-0.25, -0.2) is 4.39 Å². The smallest absolute Gasteiger partial charge is 0.245 e. The minimum atomic E-state index is -1.62. The summed E-state index contributed by atoms with van der Waals surface area (Å²) in [5.41, 5.74) is 8.06. The summed E-state index contributed by atoms with van der Waals surface area (Å²) in [6, 6.07) is 11.6. The van der Waals surface area contributed by atoms with Crippen molar-refractivity contribution in [2.75, 3.05) is 10.2 Å². The van der Waals surface area contributed by atoms with Gasteiger partial charge in [-0.05, 0) is 44.0 Å². The van der Waals surface area contributed by atoms with Crippen LogP contribution >= 0.6 is 11.6 Å². The molecule has 0 bridgehead atoms. The summed E-state index contributed by atoms with van der Waals surface area (Å²) in [4.78, 5) is 28.5. The van der Waals surface area contributed by atoms with Crippen molar-refractivity contribution in [3.63, 3.8) is 0 Å². The minimum Gasteiger partial charge on any atom is -0.384 e. The van der Waals surface area contributed by atoms with Crippen LogP contribution < -0.4 is 16.0 Å². The molecule has 0 aromatic heterocycles. The van der Waals surface area contributed by atoms with Crippen LogP contribution in [0.25, 0.3) is 0 Å². The van der Waals surface area contributed by atoms with E-state index < -0.39 is 17.1 Å². The van der Waals surface area contributed by atoms with Gasteiger partial charge in [0.2, 0.25) is 5.91 Å². The molecule has 1 amide bonds. The summed E-state index contributed by atoms with van der Waals surface area (Å²) in [6.07, 6.45) is 1.29. The van der Waals surface area contributed by atoms with Crippen molar-refractivity contribution in [3.05, 3.63) is 81.0 Å². The normalized spacial score (nSPS) is 22.1. The molecule has 5 rings (SSSR count). The molecule has 1 aliphatic carbocycles. The van der Waals surface area contributed by atoms with Crippen LogP contribution in [0.5, 0.6) is 0 Å². The van der Waals surface area contributed by atoms with Crippen molar-refractivity contribution in [2.24, 2.45) is 5.73 Å². The summed E-state index contributed by atoms with van der Waals surface area (Å²) in [5, 5.41) is 13.0. The number of carbonyl (C=O) groups is 2. The molecule has 1 atom stereocenters. The summed E-state index contributed by atoms with van der Waals surface area (Å²) < 4.78 is 13.8. The number of anilines is 2. The number of Topliss-reactive ketones (excluding diaryl/α,β-unsaturated/α-hetero) is 1. The van der Waals surface area contributed by atoms with Gasteiger partial charge in [-0.3, -0.25) is 14.5 Å². The summed E-state index contributed by atoms with van der Waals surface area (Å²) in [6.45, 7) is 1.88. The number of amides is 1. The van der Waals surface area contributed by atoms with Gasteiger partial charge in [0.1, 0.15) is 23.1 Å². The second kappa shape index (κ2) is 6.94. The summed E-state index contributed by atoms with van der Waals surface area (Å²) >= 11 is 6.01. The average molecular weight is 449 g/mol. The van der Waals surface area contributed by atoms with Crippen molar-refractivity contribution < 1.29 is 14.0 Å². The van der Waals surface area contributed by atoms with Gasteiger partial charge in [0, 0.05) is 34.6 Å². The zero-order valence-corrected chi connectivity index (χ0v) is 17.9. The van der Waals surface area contributed by atoms with Crippen molar-refractivity contribution in [2.45, 2.75) is 31.6 Å². The lowest BCUT2D eigenvalue weighted by atomic mass is 9.63. The predicted molar refractivity (Wildman–Crippen MR) is 118 cm³/mol. The zero-order chi connectivity index (χ0) is 22.8. The third-order valence-electron chi connectivity index (χ3n) is 6.34. The van der Waals surface area contributed by atoms with Crippen LogP contribution in [-0.2, 0) is 15.0 Å². The number of nitriles is 1. The predicted octanol–water partition coefficient (Wildman–Crippen LogP) is 4.20. The Kier molecular flexibility index (Phi) is 4.40. The van der Waals surface area contributed by atoms with Crippen LogP contribution in [0.2, 0.25) is 5.02 Å². The van der Waals surface area contributed by atoms with Crippen molar-refractivity contribution in [1.82, 2.24) is 0 Å². The summed E-state index contributed by atoms with van der Waals surface area (Å²) in [7, 11) is 0. The lowest BCUT2D eigenvalue weighted by Crippen LogP contribution is -2.50. The Hall–Kier alpha value is -3.63. The molecule has 2 heterocycles. The van der Waals surface area contributed by atoms with Crippen LogP contribution in [0.15, 0.2) is 59.1 Å².